The second-order valence-electron chi connectivity index (χ2n) is 7.42. The maximum Gasteiger partial charge on any atom is 0.249 e. The lowest BCUT2D eigenvalue weighted by Gasteiger charge is -2.34. The van der Waals surface area contributed by atoms with Crippen molar-refractivity contribution in [2.75, 3.05) is 6.54 Å². The number of ether oxygens (including phenoxy) is 1. The van der Waals surface area contributed by atoms with Gasteiger partial charge in [-0.15, -0.1) is 0 Å². The molecule has 2 amide bonds. The van der Waals surface area contributed by atoms with Crippen LogP contribution in [0, 0.1) is 12.8 Å². The lowest BCUT2D eigenvalue weighted by Crippen LogP contribution is -2.46. The van der Waals surface area contributed by atoms with Gasteiger partial charge in [0.15, 0.2) is 0 Å². The van der Waals surface area contributed by atoms with E-state index in [9.17, 15) is 14.0 Å². The van der Waals surface area contributed by atoms with E-state index in [0.29, 0.717) is 38.0 Å². The molecule has 4 rings (SSSR count). The Kier molecular flexibility index (Phi) is 4.60. The maximum absolute atomic E-state index is 13.0. The van der Waals surface area contributed by atoms with Crippen molar-refractivity contribution < 1.29 is 18.7 Å². The number of hydrogen-bond acceptors (Lipinski definition) is 5. The fourth-order valence-electron chi connectivity index (χ4n) is 3.98. The van der Waals surface area contributed by atoms with Gasteiger partial charge in [0.2, 0.25) is 11.8 Å². The van der Waals surface area contributed by atoms with E-state index < -0.39 is 12.3 Å². The van der Waals surface area contributed by atoms with E-state index in [4.69, 9.17) is 4.74 Å². The van der Waals surface area contributed by atoms with Gasteiger partial charge in [0, 0.05) is 25.1 Å². The zero-order chi connectivity index (χ0) is 18.3. The topological polar surface area (TPSA) is 84.4 Å². The van der Waals surface area contributed by atoms with E-state index >= 15 is 0 Å². The molecule has 2 aliphatic heterocycles. The molecule has 7 nitrogen and oxygen atoms in total. The normalized spacial score (nSPS) is 32.8. The molecule has 3 heterocycles. The molecule has 8 heteroatoms. The minimum atomic E-state index is -0.842. The van der Waals surface area contributed by atoms with Crippen LogP contribution in [0.15, 0.2) is 12.4 Å². The predicted molar refractivity (Wildman–Crippen MR) is 89.6 cm³/mol. The molecule has 1 N–H and O–H groups in total. The first-order valence-corrected chi connectivity index (χ1v) is 9.16. The number of alkyl halides is 1. The summed E-state index contributed by atoms with van der Waals surface area (Å²) in [7, 11) is 0. The highest BCUT2D eigenvalue weighted by atomic mass is 19.1. The number of likely N-dealkylation sites (tertiary alicyclic amines) is 1. The van der Waals surface area contributed by atoms with Crippen molar-refractivity contribution in [3.8, 4) is 0 Å². The van der Waals surface area contributed by atoms with E-state index in [2.05, 4.69) is 15.3 Å². The van der Waals surface area contributed by atoms with Gasteiger partial charge in [-0.3, -0.25) is 19.6 Å². The van der Waals surface area contributed by atoms with Crippen molar-refractivity contribution in [1.82, 2.24) is 20.2 Å². The van der Waals surface area contributed by atoms with Crippen molar-refractivity contribution >= 4 is 11.8 Å². The quantitative estimate of drug-likeness (QED) is 0.861. The van der Waals surface area contributed by atoms with Gasteiger partial charge in [-0.25, -0.2) is 4.39 Å². The molecule has 0 spiro atoms. The Morgan fingerprint density at radius 3 is 2.81 bits per heavy atom. The average Bonchev–Trinajstić information content (AvgIpc) is 3.18. The van der Waals surface area contributed by atoms with Crippen LogP contribution >= 0.6 is 0 Å². The maximum atomic E-state index is 13.0. The number of carbonyl (C=O) groups excluding carboxylic acids is 2. The first-order chi connectivity index (χ1) is 12.5. The van der Waals surface area contributed by atoms with Gasteiger partial charge in [0.05, 0.1) is 36.3 Å². The van der Waals surface area contributed by atoms with Crippen LogP contribution < -0.4 is 5.32 Å². The molecule has 1 aliphatic carbocycles. The van der Waals surface area contributed by atoms with E-state index in [1.54, 1.807) is 17.3 Å². The fourth-order valence-corrected chi connectivity index (χ4v) is 3.98. The molecule has 3 aliphatic rings. The molecule has 1 aromatic rings. The number of fused-ring (bicyclic) bond motifs is 1. The smallest absolute Gasteiger partial charge is 0.249 e. The van der Waals surface area contributed by atoms with Crippen LogP contribution in [-0.2, 0) is 20.9 Å². The van der Waals surface area contributed by atoms with Crippen LogP contribution in [-0.4, -0.2) is 57.6 Å². The second kappa shape index (κ2) is 6.90. The SMILES string of the molecule is Cc1cnc(CNC(=O)[C@H]2C[C@@H]3[C@@H](CCN3C(=O)C3CC(F)C3)O2)cn1. The molecule has 1 aromatic heterocycles. The number of nitrogens with one attached hydrogen (secondary N) is 1. The lowest BCUT2D eigenvalue weighted by molar-refractivity contribution is -0.141. The van der Waals surface area contributed by atoms with Crippen LogP contribution in [0.4, 0.5) is 4.39 Å². The van der Waals surface area contributed by atoms with Crippen LogP contribution in [0.1, 0.15) is 37.1 Å². The molecule has 0 unspecified atom stereocenters. The van der Waals surface area contributed by atoms with Crippen molar-refractivity contribution in [2.24, 2.45) is 5.92 Å². The Morgan fingerprint density at radius 2 is 2.12 bits per heavy atom. The number of amides is 2. The third kappa shape index (κ3) is 3.30. The van der Waals surface area contributed by atoms with Crippen molar-refractivity contribution in [2.45, 2.75) is 63.6 Å². The largest absolute Gasteiger partial charge is 0.363 e. The summed E-state index contributed by atoms with van der Waals surface area (Å²) in [5.74, 6) is -0.371. The minimum absolute atomic E-state index is 0.0194. The summed E-state index contributed by atoms with van der Waals surface area (Å²) >= 11 is 0. The molecular weight excluding hydrogens is 339 g/mol. The summed E-state index contributed by atoms with van der Waals surface area (Å²) < 4.78 is 18.9. The number of hydrogen-bond donors (Lipinski definition) is 1. The zero-order valence-corrected chi connectivity index (χ0v) is 14.7. The Bertz CT molecular complexity index is 692. The molecule has 3 fully saturated rings. The Hall–Kier alpha value is -2.09. The third-order valence-corrected chi connectivity index (χ3v) is 5.56. The zero-order valence-electron chi connectivity index (χ0n) is 14.7. The van der Waals surface area contributed by atoms with E-state index in [0.717, 1.165) is 12.1 Å². The molecule has 0 aromatic carbocycles. The van der Waals surface area contributed by atoms with Gasteiger partial charge in [-0.05, 0) is 26.2 Å². The second-order valence-corrected chi connectivity index (χ2v) is 7.42. The van der Waals surface area contributed by atoms with Gasteiger partial charge in [-0.1, -0.05) is 0 Å². The molecule has 2 saturated heterocycles. The van der Waals surface area contributed by atoms with Crippen LogP contribution in [0.5, 0.6) is 0 Å². The summed E-state index contributed by atoms with van der Waals surface area (Å²) in [5, 5.41) is 2.83. The van der Waals surface area contributed by atoms with Gasteiger partial charge >= 0.3 is 0 Å². The first-order valence-electron chi connectivity index (χ1n) is 9.16. The first kappa shape index (κ1) is 17.3. The monoisotopic (exact) mass is 362 g/mol. The van der Waals surface area contributed by atoms with Crippen LogP contribution in [0.3, 0.4) is 0 Å². The standard InChI is InChI=1S/C18H23FN4O3/c1-10-7-21-13(8-20-10)9-22-17(24)16-6-14-15(26-16)2-3-23(14)18(25)11-4-12(19)5-11/h7-8,11-12,14-16H,2-6,9H2,1H3,(H,22,24)/t11?,12?,14-,15-,16-/m1/s1. The predicted octanol–water partition coefficient (Wildman–Crippen LogP) is 0.908. The highest BCUT2D eigenvalue weighted by Gasteiger charge is 2.49. The summed E-state index contributed by atoms with van der Waals surface area (Å²) in [5.41, 5.74) is 1.51. The van der Waals surface area contributed by atoms with E-state index in [-0.39, 0.29) is 29.9 Å². The highest BCUT2D eigenvalue weighted by molar-refractivity contribution is 5.83. The third-order valence-electron chi connectivity index (χ3n) is 5.56. The van der Waals surface area contributed by atoms with Gasteiger partial charge in [0.1, 0.15) is 12.3 Å². The minimum Gasteiger partial charge on any atom is -0.363 e. The average molecular weight is 362 g/mol. The number of aromatic nitrogens is 2. The lowest BCUT2D eigenvalue weighted by atomic mass is 9.82. The van der Waals surface area contributed by atoms with Crippen LogP contribution in [0.25, 0.3) is 0 Å². The number of nitrogens with zero attached hydrogens (tertiary/aromatic N) is 3. The van der Waals surface area contributed by atoms with Crippen molar-refractivity contribution in [3.63, 3.8) is 0 Å². The van der Waals surface area contributed by atoms with Gasteiger partial charge in [0.25, 0.3) is 0 Å². The molecule has 1 saturated carbocycles. The molecule has 26 heavy (non-hydrogen) atoms. The van der Waals surface area contributed by atoms with Gasteiger partial charge < -0.3 is 15.0 Å². The Morgan fingerprint density at radius 1 is 1.31 bits per heavy atom. The highest BCUT2D eigenvalue weighted by Crippen LogP contribution is 2.38. The molecule has 0 radical (unpaired) electrons. The summed E-state index contributed by atoms with van der Waals surface area (Å²) in [6, 6.07) is -0.0731. The van der Waals surface area contributed by atoms with Crippen molar-refractivity contribution in [3.05, 3.63) is 23.8 Å². The van der Waals surface area contributed by atoms with E-state index in [1.165, 1.54) is 0 Å². The van der Waals surface area contributed by atoms with Gasteiger partial charge in [-0.2, -0.15) is 0 Å². The Labute approximate surface area is 151 Å². The Balaban J connectivity index is 1.30. The molecule has 3 atom stereocenters. The summed E-state index contributed by atoms with van der Waals surface area (Å²) in [4.78, 5) is 35.1. The molecular formula is C18H23FN4O3. The number of rotatable bonds is 4. The summed E-state index contributed by atoms with van der Waals surface area (Å²) in [6.07, 6.45) is 3.67. The molecule has 140 valence electrons. The summed E-state index contributed by atoms with van der Waals surface area (Å²) in [6.45, 7) is 2.78. The molecule has 0 bridgehead atoms. The fraction of sp³-hybridized carbons (Fsp3) is 0.667. The van der Waals surface area contributed by atoms with E-state index in [1.807, 2.05) is 6.92 Å². The number of carbonyl (C=O) groups is 2. The number of aryl methyl sites for hydroxylation is 1. The number of halogens is 1. The van der Waals surface area contributed by atoms with Crippen molar-refractivity contribution in [1.29, 1.82) is 0 Å². The van der Waals surface area contributed by atoms with Crippen LogP contribution in [0.2, 0.25) is 0 Å².